The van der Waals surface area contributed by atoms with Gasteiger partial charge in [-0.25, -0.2) is 4.39 Å². The SMILES string of the molecule is CCO[C@H]1C[C@@H](NCc2ccc(OC)c(F)c2)C12CCOCC2. The van der Waals surface area contributed by atoms with Gasteiger partial charge in [0.05, 0.1) is 13.2 Å². The van der Waals surface area contributed by atoms with Crippen molar-refractivity contribution in [3.05, 3.63) is 29.6 Å². The summed E-state index contributed by atoms with van der Waals surface area (Å²) in [7, 11) is 1.48. The van der Waals surface area contributed by atoms with Crippen molar-refractivity contribution < 1.29 is 18.6 Å². The van der Waals surface area contributed by atoms with Crippen molar-refractivity contribution in [1.82, 2.24) is 5.32 Å². The molecule has 1 aromatic carbocycles. The minimum absolute atomic E-state index is 0.180. The van der Waals surface area contributed by atoms with Gasteiger partial charge in [0.15, 0.2) is 11.6 Å². The number of nitrogens with one attached hydrogen (secondary N) is 1. The maximum Gasteiger partial charge on any atom is 0.165 e. The molecule has 0 bridgehead atoms. The Labute approximate surface area is 137 Å². The number of hydrogen-bond donors (Lipinski definition) is 1. The molecule has 128 valence electrons. The fraction of sp³-hybridized carbons (Fsp3) is 0.667. The summed E-state index contributed by atoms with van der Waals surface area (Å²) < 4.78 is 30.2. The maximum atomic E-state index is 13.8. The predicted octanol–water partition coefficient (Wildman–Crippen LogP) is 2.90. The third-order valence-corrected chi connectivity index (χ3v) is 5.35. The van der Waals surface area contributed by atoms with Crippen LogP contribution < -0.4 is 10.1 Å². The first-order valence-corrected chi connectivity index (χ1v) is 8.44. The molecular weight excluding hydrogens is 297 g/mol. The molecular formula is C18H26FNO3. The normalized spacial score (nSPS) is 26.0. The van der Waals surface area contributed by atoms with Crippen LogP contribution in [0.1, 0.15) is 31.7 Å². The largest absolute Gasteiger partial charge is 0.494 e. The molecule has 0 radical (unpaired) electrons. The molecule has 1 aliphatic carbocycles. The lowest BCUT2D eigenvalue weighted by Crippen LogP contribution is -2.65. The first-order chi connectivity index (χ1) is 11.2. The molecule has 1 saturated carbocycles. The highest BCUT2D eigenvalue weighted by atomic mass is 19.1. The highest BCUT2D eigenvalue weighted by Crippen LogP contribution is 2.50. The average molecular weight is 323 g/mol. The Morgan fingerprint density at radius 3 is 2.78 bits per heavy atom. The summed E-state index contributed by atoms with van der Waals surface area (Å²) in [5.74, 6) is -0.0249. The van der Waals surface area contributed by atoms with E-state index in [-0.39, 0.29) is 17.0 Å². The van der Waals surface area contributed by atoms with Crippen molar-refractivity contribution in [2.24, 2.45) is 5.41 Å². The third kappa shape index (κ3) is 3.23. The summed E-state index contributed by atoms with van der Waals surface area (Å²) in [5, 5.41) is 3.61. The minimum Gasteiger partial charge on any atom is -0.494 e. The Balaban J connectivity index is 1.62. The van der Waals surface area contributed by atoms with Gasteiger partial charge in [0.2, 0.25) is 0 Å². The summed E-state index contributed by atoms with van der Waals surface area (Å²) in [6, 6.07) is 5.54. The van der Waals surface area contributed by atoms with Gasteiger partial charge in [-0.05, 0) is 43.9 Å². The first kappa shape index (κ1) is 16.7. The predicted molar refractivity (Wildman–Crippen MR) is 86.1 cm³/mol. The van der Waals surface area contributed by atoms with Crippen molar-refractivity contribution in [1.29, 1.82) is 0 Å². The molecule has 3 rings (SSSR count). The Morgan fingerprint density at radius 2 is 2.13 bits per heavy atom. The topological polar surface area (TPSA) is 39.7 Å². The van der Waals surface area contributed by atoms with E-state index >= 15 is 0 Å². The van der Waals surface area contributed by atoms with E-state index in [0.29, 0.717) is 18.7 Å². The van der Waals surface area contributed by atoms with Crippen LogP contribution in [0.5, 0.6) is 5.75 Å². The van der Waals surface area contributed by atoms with Crippen molar-refractivity contribution in [3.8, 4) is 5.75 Å². The summed E-state index contributed by atoms with van der Waals surface area (Å²) in [6.07, 6.45) is 3.41. The quantitative estimate of drug-likeness (QED) is 0.874. The van der Waals surface area contributed by atoms with Gasteiger partial charge in [0, 0.05) is 37.8 Å². The van der Waals surface area contributed by atoms with Crippen LogP contribution in [0.3, 0.4) is 0 Å². The van der Waals surface area contributed by atoms with E-state index < -0.39 is 0 Å². The molecule has 4 nitrogen and oxygen atoms in total. The van der Waals surface area contributed by atoms with Crippen molar-refractivity contribution in [3.63, 3.8) is 0 Å². The molecule has 0 amide bonds. The van der Waals surface area contributed by atoms with E-state index in [4.69, 9.17) is 14.2 Å². The minimum atomic E-state index is -0.312. The highest BCUT2D eigenvalue weighted by Gasteiger charge is 2.55. The molecule has 5 heteroatoms. The second kappa shape index (κ2) is 7.16. The van der Waals surface area contributed by atoms with Crippen LogP contribution >= 0.6 is 0 Å². The Bertz CT molecular complexity index is 531. The number of halogens is 1. The van der Waals surface area contributed by atoms with Crippen molar-refractivity contribution in [2.45, 2.75) is 44.9 Å². The van der Waals surface area contributed by atoms with E-state index in [1.807, 2.05) is 13.0 Å². The second-order valence-corrected chi connectivity index (χ2v) is 6.43. The first-order valence-electron chi connectivity index (χ1n) is 8.44. The molecule has 2 atom stereocenters. The van der Waals surface area contributed by atoms with Crippen LogP contribution in [0, 0.1) is 11.2 Å². The van der Waals surface area contributed by atoms with Gasteiger partial charge in [0.25, 0.3) is 0 Å². The zero-order chi connectivity index (χ0) is 16.3. The van der Waals surface area contributed by atoms with Gasteiger partial charge in [-0.1, -0.05) is 6.07 Å². The number of hydrogen-bond acceptors (Lipinski definition) is 4. The van der Waals surface area contributed by atoms with E-state index in [1.165, 1.54) is 7.11 Å². The second-order valence-electron chi connectivity index (χ2n) is 6.43. The Kier molecular flexibility index (Phi) is 5.19. The molecule has 2 aliphatic rings. The zero-order valence-corrected chi connectivity index (χ0v) is 13.9. The Morgan fingerprint density at radius 1 is 1.35 bits per heavy atom. The van der Waals surface area contributed by atoms with Gasteiger partial charge in [-0.15, -0.1) is 0 Å². The summed E-state index contributed by atoms with van der Waals surface area (Å²) in [5.41, 5.74) is 1.12. The van der Waals surface area contributed by atoms with Crippen molar-refractivity contribution in [2.75, 3.05) is 26.9 Å². The molecule has 0 aromatic heterocycles. The molecule has 1 aromatic rings. The van der Waals surface area contributed by atoms with E-state index in [2.05, 4.69) is 5.32 Å². The number of benzene rings is 1. The highest BCUT2D eigenvalue weighted by molar-refractivity contribution is 5.29. The third-order valence-electron chi connectivity index (χ3n) is 5.35. The maximum absolute atomic E-state index is 13.8. The van der Waals surface area contributed by atoms with Crippen LogP contribution in [-0.2, 0) is 16.0 Å². The van der Waals surface area contributed by atoms with Crippen LogP contribution in [0.4, 0.5) is 4.39 Å². The van der Waals surface area contributed by atoms with Gasteiger partial charge >= 0.3 is 0 Å². The van der Waals surface area contributed by atoms with Gasteiger partial charge in [-0.3, -0.25) is 0 Å². The molecule has 2 fully saturated rings. The fourth-order valence-corrected chi connectivity index (χ4v) is 3.95. The standard InChI is InChI=1S/C18H26FNO3/c1-3-23-17-11-16(18(17)6-8-22-9-7-18)20-12-13-4-5-15(21-2)14(19)10-13/h4-5,10,16-17,20H,3,6-9,11-12H2,1-2H3/t16-,17+/m1/s1. The smallest absolute Gasteiger partial charge is 0.165 e. The number of rotatable bonds is 6. The molecule has 1 saturated heterocycles. The molecule has 23 heavy (non-hydrogen) atoms. The number of methoxy groups -OCH3 is 1. The lowest BCUT2D eigenvalue weighted by molar-refractivity contribution is -0.173. The van der Waals surface area contributed by atoms with Crippen molar-refractivity contribution >= 4 is 0 Å². The zero-order valence-electron chi connectivity index (χ0n) is 13.9. The van der Waals surface area contributed by atoms with Gasteiger partial charge in [0.1, 0.15) is 0 Å². The molecule has 0 unspecified atom stereocenters. The Hall–Kier alpha value is -1.17. The fourth-order valence-electron chi connectivity index (χ4n) is 3.95. The molecule has 1 aliphatic heterocycles. The van der Waals surface area contributed by atoms with Crippen LogP contribution in [0.15, 0.2) is 18.2 Å². The number of ether oxygens (including phenoxy) is 3. The van der Waals surface area contributed by atoms with E-state index in [1.54, 1.807) is 12.1 Å². The lowest BCUT2D eigenvalue weighted by atomic mass is 9.57. The molecule has 1 N–H and O–H groups in total. The summed E-state index contributed by atoms with van der Waals surface area (Å²) in [4.78, 5) is 0. The lowest BCUT2D eigenvalue weighted by Gasteiger charge is -2.57. The average Bonchev–Trinajstić information content (AvgIpc) is 2.58. The summed E-state index contributed by atoms with van der Waals surface area (Å²) >= 11 is 0. The summed E-state index contributed by atoms with van der Waals surface area (Å²) in [6.45, 7) is 5.07. The van der Waals surface area contributed by atoms with E-state index in [0.717, 1.165) is 44.6 Å². The monoisotopic (exact) mass is 323 g/mol. The van der Waals surface area contributed by atoms with Crippen LogP contribution in [0.2, 0.25) is 0 Å². The molecule has 1 heterocycles. The van der Waals surface area contributed by atoms with Crippen LogP contribution in [0.25, 0.3) is 0 Å². The molecule has 1 spiro atoms. The van der Waals surface area contributed by atoms with E-state index in [9.17, 15) is 4.39 Å². The van der Waals surface area contributed by atoms with Crippen LogP contribution in [-0.4, -0.2) is 39.1 Å². The van der Waals surface area contributed by atoms with Gasteiger partial charge < -0.3 is 19.5 Å². The van der Waals surface area contributed by atoms with Gasteiger partial charge in [-0.2, -0.15) is 0 Å².